The van der Waals surface area contributed by atoms with E-state index in [1.165, 1.54) is 13.1 Å². The number of aryl methyl sites for hydroxylation is 1. The maximum atomic E-state index is 12.6. The van der Waals surface area contributed by atoms with Crippen molar-refractivity contribution in [3.05, 3.63) is 62.6 Å². The molecule has 5 nitrogen and oxygen atoms in total. The van der Waals surface area contributed by atoms with Crippen molar-refractivity contribution in [3.8, 4) is 0 Å². The van der Waals surface area contributed by atoms with Gasteiger partial charge in [-0.25, -0.2) is 13.1 Å². The predicted octanol–water partition coefficient (Wildman–Crippen LogP) is 4.01. The molecule has 2 rings (SSSR count). The number of benzene rings is 2. The van der Waals surface area contributed by atoms with Crippen LogP contribution in [0, 0.1) is 13.8 Å². The SMILES string of the molecule is CNS(=O)(=O)c1cc(C(=O)NC(C)c2ccc(Cl)cc2Cl)cc(C)c1C. The molecule has 140 valence electrons. The largest absolute Gasteiger partial charge is 0.345 e. The summed E-state index contributed by atoms with van der Waals surface area (Å²) in [6, 6.07) is 7.70. The summed E-state index contributed by atoms with van der Waals surface area (Å²) < 4.78 is 26.7. The van der Waals surface area contributed by atoms with Gasteiger partial charge in [0, 0.05) is 15.6 Å². The summed E-state index contributed by atoms with van der Waals surface area (Å²) in [5.41, 5.74) is 2.29. The lowest BCUT2D eigenvalue weighted by molar-refractivity contribution is 0.0939. The van der Waals surface area contributed by atoms with E-state index in [0.29, 0.717) is 21.2 Å². The molecular weight excluding hydrogens is 395 g/mol. The lowest BCUT2D eigenvalue weighted by atomic mass is 10.0. The molecule has 0 bridgehead atoms. The van der Waals surface area contributed by atoms with Crippen LogP contribution in [0.25, 0.3) is 0 Å². The minimum absolute atomic E-state index is 0.0855. The number of sulfonamides is 1. The van der Waals surface area contributed by atoms with Crippen molar-refractivity contribution in [2.24, 2.45) is 0 Å². The maximum Gasteiger partial charge on any atom is 0.251 e. The van der Waals surface area contributed by atoms with Gasteiger partial charge in [0.25, 0.3) is 5.91 Å². The van der Waals surface area contributed by atoms with E-state index >= 15 is 0 Å². The van der Waals surface area contributed by atoms with Crippen molar-refractivity contribution >= 4 is 39.1 Å². The normalized spacial score (nSPS) is 12.7. The number of hydrogen-bond donors (Lipinski definition) is 2. The Kier molecular flexibility index (Phi) is 6.34. The molecule has 0 aromatic heterocycles. The molecule has 8 heteroatoms. The van der Waals surface area contributed by atoms with E-state index in [1.807, 2.05) is 0 Å². The lowest BCUT2D eigenvalue weighted by Crippen LogP contribution is -2.28. The first-order valence-corrected chi connectivity index (χ1v) is 10.1. The van der Waals surface area contributed by atoms with Crippen molar-refractivity contribution < 1.29 is 13.2 Å². The van der Waals surface area contributed by atoms with E-state index in [2.05, 4.69) is 10.0 Å². The molecule has 0 radical (unpaired) electrons. The standard InChI is InChI=1S/C18H20Cl2N2O3S/c1-10-7-13(8-17(11(10)2)26(24,25)21-4)18(23)22-12(3)15-6-5-14(19)9-16(15)20/h5-9,12,21H,1-4H3,(H,22,23). The predicted molar refractivity (Wildman–Crippen MR) is 105 cm³/mol. The molecule has 0 saturated heterocycles. The van der Waals surface area contributed by atoms with Crippen molar-refractivity contribution in [3.63, 3.8) is 0 Å². The summed E-state index contributed by atoms with van der Waals surface area (Å²) >= 11 is 12.1. The smallest absolute Gasteiger partial charge is 0.251 e. The zero-order chi connectivity index (χ0) is 19.6. The van der Waals surface area contributed by atoms with Crippen LogP contribution in [0.4, 0.5) is 0 Å². The quantitative estimate of drug-likeness (QED) is 0.775. The molecule has 0 aliphatic carbocycles. The van der Waals surface area contributed by atoms with Gasteiger partial charge in [-0.05, 0) is 68.8 Å². The zero-order valence-corrected chi connectivity index (χ0v) is 17.2. The Morgan fingerprint density at radius 1 is 1.12 bits per heavy atom. The summed E-state index contributed by atoms with van der Waals surface area (Å²) in [4.78, 5) is 12.7. The van der Waals surface area contributed by atoms with Gasteiger partial charge in [0.15, 0.2) is 0 Å². The molecule has 0 spiro atoms. The molecule has 0 fully saturated rings. The molecule has 2 aromatic rings. The zero-order valence-electron chi connectivity index (χ0n) is 14.9. The number of nitrogens with one attached hydrogen (secondary N) is 2. The first kappa shape index (κ1) is 20.7. The highest BCUT2D eigenvalue weighted by molar-refractivity contribution is 7.89. The van der Waals surface area contributed by atoms with Crippen molar-refractivity contribution in [2.75, 3.05) is 7.05 Å². The highest BCUT2D eigenvalue weighted by Gasteiger charge is 2.21. The fraction of sp³-hybridized carbons (Fsp3) is 0.278. The second-order valence-electron chi connectivity index (χ2n) is 5.98. The fourth-order valence-corrected chi connectivity index (χ4v) is 4.20. The van der Waals surface area contributed by atoms with E-state index in [0.717, 1.165) is 5.56 Å². The van der Waals surface area contributed by atoms with Crippen LogP contribution in [0.1, 0.15) is 40.0 Å². The van der Waals surface area contributed by atoms with Crippen LogP contribution in [0.5, 0.6) is 0 Å². The van der Waals surface area contributed by atoms with E-state index in [-0.39, 0.29) is 22.4 Å². The number of hydrogen-bond acceptors (Lipinski definition) is 3. The second-order valence-corrected chi connectivity index (χ2v) is 8.68. The Bertz CT molecular complexity index is 959. The molecule has 26 heavy (non-hydrogen) atoms. The van der Waals surface area contributed by atoms with E-state index < -0.39 is 10.0 Å². The average molecular weight is 415 g/mol. The molecule has 1 unspecified atom stereocenters. The Morgan fingerprint density at radius 3 is 2.35 bits per heavy atom. The van der Waals surface area contributed by atoms with Crippen molar-refractivity contribution in [2.45, 2.75) is 31.7 Å². The summed E-state index contributed by atoms with van der Waals surface area (Å²) in [5.74, 6) is -0.390. The van der Waals surface area contributed by atoms with Crippen LogP contribution in [-0.2, 0) is 10.0 Å². The molecular formula is C18H20Cl2N2O3S. The van der Waals surface area contributed by atoms with Crippen LogP contribution < -0.4 is 10.0 Å². The van der Waals surface area contributed by atoms with E-state index in [4.69, 9.17) is 23.2 Å². The first-order chi connectivity index (χ1) is 12.1. The van der Waals surface area contributed by atoms with Gasteiger partial charge < -0.3 is 5.32 Å². The van der Waals surface area contributed by atoms with Gasteiger partial charge in [-0.3, -0.25) is 4.79 Å². The lowest BCUT2D eigenvalue weighted by Gasteiger charge is -2.17. The number of amides is 1. The van der Waals surface area contributed by atoms with Crippen molar-refractivity contribution in [1.82, 2.24) is 10.0 Å². The summed E-state index contributed by atoms with van der Waals surface area (Å²) in [7, 11) is -2.33. The van der Waals surface area contributed by atoms with E-state index in [1.54, 1.807) is 45.0 Å². The topological polar surface area (TPSA) is 75.3 Å². The number of carbonyl (C=O) groups excluding carboxylic acids is 1. The first-order valence-electron chi connectivity index (χ1n) is 7.87. The van der Waals surface area contributed by atoms with Crippen LogP contribution in [0.2, 0.25) is 10.0 Å². The highest BCUT2D eigenvalue weighted by atomic mass is 35.5. The second kappa shape index (κ2) is 7.96. The number of halogens is 2. The van der Waals surface area contributed by atoms with Gasteiger partial charge in [0.2, 0.25) is 10.0 Å². The summed E-state index contributed by atoms with van der Waals surface area (Å²) in [6.45, 7) is 5.26. The van der Waals surface area contributed by atoms with Crippen LogP contribution in [0.15, 0.2) is 35.2 Å². The molecule has 2 aromatic carbocycles. The maximum absolute atomic E-state index is 12.6. The molecule has 0 saturated carbocycles. The van der Waals surface area contributed by atoms with Crippen LogP contribution in [-0.4, -0.2) is 21.4 Å². The Labute approximate surface area is 163 Å². The third-order valence-electron chi connectivity index (χ3n) is 4.22. The average Bonchev–Trinajstić information content (AvgIpc) is 2.56. The Hall–Kier alpha value is -1.60. The minimum Gasteiger partial charge on any atom is -0.345 e. The van der Waals surface area contributed by atoms with Gasteiger partial charge in [-0.1, -0.05) is 29.3 Å². The summed E-state index contributed by atoms with van der Waals surface area (Å²) in [5, 5.41) is 3.79. The molecule has 0 aliphatic rings. The summed E-state index contributed by atoms with van der Waals surface area (Å²) in [6.07, 6.45) is 0. The van der Waals surface area contributed by atoms with E-state index in [9.17, 15) is 13.2 Å². The third-order valence-corrected chi connectivity index (χ3v) is 6.32. The van der Waals surface area contributed by atoms with Crippen LogP contribution >= 0.6 is 23.2 Å². The molecule has 0 aliphatic heterocycles. The highest BCUT2D eigenvalue weighted by Crippen LogP contribution is 2.27. The van der Waals surface area contributed by atoms with Crippen LogP contribution in [0.3, 0.4) is 0 Å². The van der Waals surface area contributed by atoms with Gasteiger partial charge in [-0.15, -0.1) is 0 Å². The number of rotatable bonds is 5. The fourth-order valence-electron chi connectivity index (χ4n) is 2.56. The molecule has 1 amide bonds. The Balaban J connectivity index is 2.35. The third kappa shape index (κ3) is 4.38. The molecule has 1 atom stereocenters. The Morgan fingerprint density at radius 2 is 1.77 bits per heavy atom. The van der Waals surface area contributed by atoms with Gasteiger partial charge in [0.1, 0.15) is 0 Å². The van der Waals surface area contributed by atoms with Crippen molar-refractivity contribution in [1.29, 1.82) is 0 Å². The minimum atomic E-state index is -3.67. The van der Waals surface area contributed by atoms with Gasteiger partial charge in [0.05, 0.1) is 10.9 Å². The molecule has 2 N–H and O–H groups in total. The van der Waals surface area contributed by atoms with Gasteiger partial charge in [-0.2, -0.15) is 0 Å². The number of carbonyl (C=O) groups is 1. The van der Waals surface area contributed by atoms with Gasteiger partial charge >= 0.3 is 0 Å². The monoisotopic (exact) mass is 414 g/mol. The molecule has 0 heterocycles.